The number of amides is 3. The molecule has 300 valence electrons. The Morgan fingerprint density at radius 2 is 1.82 bits per heavy atom. The maximum absolute atomic E-state index is 14.6. The highest BCUT2D eigenvalue weighted by atomic mass is 32.1. The standard InChI is InChI=1S/C41H52N6O8S/c1-23(2)42-39-44-31(22-56-39)30-19-34(28-16-17-33(53-4)24(3)35(28)43-30)54-27-18-32-36(48)46-41(38(50)51)20-25(41)12-8-6-5-7-9-15-29(37(49)47(32)21-27)45-40(52)55-26-13-10-11-14-26/h8,12,16-17,19,22-23,25-27,29,32H,5-7,9-11,13-15,18,20-21H2,1-4H3,(H,42,44)(H,45,52)(H,46,48)(H,50,51)/t25?,27-,29+,32+,41-/m1/s1. The summed E-state index contributed by atoms with van der Waals surface area (Å²) in [7, 11) is 1.60. The molecular formula is C41H52N6O8S. The molecule has 56 heavy (non-hydrogen) atoms. The summed E-state index contributed by atoms with van der Waals surface area (Å²) in [5.74, 6) is -1.32. The van der Waals surface area contributed by atoms with E-state index in [1.807, 2.05) is 56.5 Å². The Bertz CT molecular complexity index is 2000. The number of allylic oxidation sites excluding steroid dienone is 1. The van der Waals surface area contributed by atoms with Gasteiger partial charge in [-0.1, -0.05) is 25.0 Å². The molecule has 7 rings (SSSR count). The van der Waals surface area contributed by atoms with E-state index >= 15 is 0 Å². The minimum Gasteiger partial charge on any atom is -0.496 e. The fourth-order valence-corrected chi connectivity index (χ4v) is 9.05. The second kappa shape index (κ2) is 16.7. The van der Waals surface area contributed by atoms with Crippen LogP contribution in [0.25, 0.3) is 22.3 Å². The fourth-order valence-electron chi connectivity index (χ4n) is 8.19. The van der Waals surface area contributed by atoms with Crippen LogP contribution in [0.15, 0.2) is 35.7 Å². The zero-order valence-corrected chi connectivity index (χ0v) is 33.3. The minimum absolute atomic E-state index is 0.0314. The van der Waals surface area contributed by atoms with Crippen molar-refractivity contribution in [1.82, 2.24) is 25.5 Å². The Kier molecular flexibility index (Phi) is 11.7. The second-order valence-corrected chi connectivity index (χ2v) is 16.6. The number of anilines is 1. The van der Waals surface area contributed by atoms with Gasteiger partial charge in [-0.25, -0.2) is 19.6 Å². The lowest BCUT2D eigenvalue weighted by Gasteiger charge is -2.29. The van der Waals surface area contributed by atoms with Crippen molar-refractivity contribution < 1.29 is 38.5 Å². The number of aromatic nitrogens is 2. The first-order valence-corrected chi connectivity index (χ1v) is 20.7. The van der Waals surface area contributed by atoms with Crippen LogP contribution in [0.3, 0.4) is 0 Å². The summed E-state index contributed by atoms with van der Waals surface area (Å²) in [6, 6.07) is 3.75. The van der Waals surface area contributed by atoms with E-state index in [1.54, 1.807) is 7.11 Å². The summed E-state index contributed by atoms with van der Waals surface area (Å²) < 4.78 is 18.1. The average molecular weight is 789 g/mol. The van der Waals surface area contributed by atoms with Gasteiger partial charge in [0.1, 0.15) is 47.0 Å². The van der Waals surface area contributed by atoms with Crippen LogP contribution in [0.4, 0.5) is 9.93 Å². The number of carboxylic acids is 1. The maximum atomic E-state index is 14.6. The van der Waals surface area contributed by atoms with Gasteiger partial charge >= 0.3 is 12.1 Å². The zero-order valence-electron chi connectivity index (χ0n) is 32.5. The van der Waals surface area contributed by atoms with Crippen LogP contribution in [0.2, 0.25) is 0 Å². The predicted octanol–water partition coefficient (Wildman–Crippen LogP) is 6.36. The SMILES string of the molecule is COc1ccc2c(O[C@@H]3C[C@H]4C(=O)N[C@]5(C(=O)O)CC5C=CCCCCC[C@H](NC(=O)OC5CCCC5)C(=O)N4C3)cc(-c3csc(NC(C)C)n3)nc2c1C. The van der Waals surface area contributed by atoms with Crippen LogP contribution < -0.4 is 25.4 Å². The van der Waals surface area contributed by atoms with E-state index in [9.17, 15) is 24.3 Å². The molecule has 5 atom stereocenters. The molecule has 1 saturated heterocycles. The lowest BCUT2D eigenvalue weighted by Crippen LogP contribution is -2.56. The first-order chi connectivity index (χ1) is 26.9. The number of methoxy groups -OCH3 is 1. The number of hydrogen-bond acceptors (Lipinski definition) is 11. The monoisotopic (exact) mass is 788 g/mol. The number of benzene rings is 1. The molecule has 0 spiro atoms. The molecule has 4 N–H and O–H groups in total. The number of hydrogen-bond donors (Lipinski definition) is 4. The average Bonchev–Trinajstić information content (AvgIpc) is 3.59. The quantitative estimate of drug-likeness (QED) is 0.177. The summed E-state index contributed by atoms with van der Waals surface area (Å²) in [6.07, 6.45) is 9.71. The van der Waals surface area contributed by atoms with E-state index in [0.29, 0.717) is 41.2 Å². The van der Waals surface area contributed by atoms with Gasteiger partial charge in [-0.15, -0.1) is 11.3 Å². The van der Waals surface area contributed by atoms with Crippen LogP contribution in [-0.2, 0) is 19.1 Å². The van der Waals surface area contributed by atoms with Gasteiger partial charge in [0.05, 0.1) is 24.9 Å². The van der Waals surface area contributed by atoms with E-state index < -0.39 is 47.6 Å². The molecule has 0 radical (unpaired) electrons. The Hall–Kier alpha value is -4.92. The lowest BCUT2D eigenvalue weighted by atomic mass is 10.0. The molecule has 3 amide bonds. The molecule has 15 heteroatoms. The van der Waals surface area contributed by atoms with Gasteiger partial charge in [0.25, 0.3) is 0 Å². The smallest absolute Gasteiger partial charge is 0.408 e. The molecule has 2 aliphatic carbocycles. The minimum atomic E-state index is -1.45. The number of aliphatic carboxylic acids is 1. The van der Waals surface area contributed by atoms with E-state index in [4.69, 9.17) is 24.2 Å². The first-order valence-electron chi connectivity index (χ1n) is 19.8. The number of aryl methyl sites for hydroxylation is 1. The van der Waals surface area contributed by atoms with Crippen molar-refractivity contribution in [2.75, 3.05) is 19.0 Å². The summed E-state index contributed by atoms with van der Waals surface area (Å²) in [5.41, 5.74) is 1.26. The van der Waals surface area contributed by atoms with Crippen LogP contribution in [0.5, 0.6) is 11.5 Å². The summed E-state index contributed by atoms with van der Waals surface area (Å²) >= 11 is 1.47. The van der Waals surface area contributed by atoms with E-state index in [0.717, 1.165) is 61.0 Å². The van der Waals surface area contributed by atoms with Gasteiger partial charge in [0.15, 0.2) is 5.13 Å². The number of nitrogens with zero attached hydrogens (tertiary/aromatic N) is 3. The highest BCUT2D eigenvalue weighted by molar-refractivity contribution is 7.14. The molecule has 1 unspecified atom stereocenters. The molecule has 4 aliphatic rings. The van der Waals surface area contributed by atoms with E-state index in [1.165, 1.54) is 16.2 Å². The number of carbonyl (C=O) groups is 4. The van der Waals surface area contributed by atoms with Crippen LogP contribution in [0, 0.1) is 12.8 Å². The van der Waals surface area contributed by atoms with Crippen molar-refractivity contribution in [3.8, 4) is 22.9 Å². The van der Waals surface area contributed by atoms with Crippen molar-refractivity contribution in [1.29, 1.82) is 0 Å². The topological polar surface area (TPSA) is 181 Å². The Morgan fingerprint density at radius 3 is 2.57 bits per heavy atom. The molecule has 2 aromatic heterocycles. The number of nitrogens with one attached hydrogen (secondary N) is 3. The van der Waals surface area contributed by atoms with Gasteiger partial charge in [0.2, 0.25) is 11.8 Å². The van der Waals surface area contributed by atoms with Crippen molar-refractivity contribution in [2.45, 2.75) is 127 Å². The number of fused-ring (bicyclic) bond motifs is 3. The summed E-state index contributed by atoms with van der Waals surface area (Å²) in [6.45, 7) is 6.04. The lowest BCUT2D eigenvalue weighted by molar-refractivity contribution is -0.145. The number of pyridine rings is 1. The van der Waals surface area contributed by atoms with E-state index in [-0.39, 0.29) is 37.5 Å². The van der Waals surface area contributed by atoms with Gasteiger partial charge in [-0.2, -0.15) is 0 Å². The zero-order chi connectivity index (χ0) is 39.6. The number of rotatable bonds is 9. The van der Waals surface area contributed by atoms with Gasteiger partial charge in [0, 0.05) is 40.8 Å². The van der Waals surface area contributed by atoms with Crippen molar-refractivity contribution >= 4 is 51.2 Å². The van der Waals surface area contributed by atoms with Gasteiger partial charge in [-0.05, 0) is 84.3 Å². The summed E-state index contributed by atoms with van der Waals surface area (Å²) in [5, 5.41) is 22.7. The normalized spacial score (nSPS) is 25.8. The first kappa shape index (κ1) is 39.3. The van der Waals surface area contributed by atoms with Crippen molar-refractivity contribution in [3.05, 3.63) is 41.3 Å². The Morgan fingerprint density at radius 1 is 1.04 bits per heavy atom. The van der Waals surface area contributed by atoms with Crippen molar-refractivity contribution in [3.63, 3.8) is 0 Å². The fraction of sp³-hybridized carbons (Fsp3) is 0.561. The van der Waals surface area contributed by atoms with Crippen LogP contribution in [-0.4, -0.2) is 93.4 Å². The molecule has 2 aliphatic heterocycles. The molecular weight excluding hydrogens is 737 g/mol. The van der Waals surface area contributed by atoms with Crippen LogP contribution >= 0.6 is 11.3 Å². The summed E-state index contributed by atoms with van der Waals surface area (Å²) in [4.78, 5) is 65.8. The second-order valence-electron chi connectivity index (χ2n) is 15.8. The van der Waals surface area contributed by atoms with E-state index in [2.05, 4.69) is 16.0 Å². The van der Waals surface area contributed by atoms with Gasteiger partial charge < -0.3 is 40.2 Å². The third-order valence-corrected chi connectivity index (χ3v) is 12.1. The highest BCUT2D eigenvalue weighted by Crippen LogP contribution is 2.46. The molecule has 14 nitrogen and oxygen atoms in total. The van der Waals surface area contributed by atoms with Gasteiger partial charge in [-0.3, -0.25) is 9.59 Å². The Labute approximate surface area is 330 Å². The van der Waals surface area contributed by atoms with Crippen molar-refractivity contribution in [2.24, 2.45) is 5.92 Å². The predicted molar refractivity (Wildman–Crippen MR) is 212 cm³/mol. The molecule has 3 fully saturated rings. The number of ether oxygens (including phenoxy) is 3. The maximum Gasteiger partial charge on any atom is 0.408 e. The third kappa shape index (κ3) is 8.42. The largest absolute Gasteiger partial charge is 0.496 e. The van der Waals surface area contributed by atoms with Crippen LogP contribution in [0.1, 0.15) is 90.0 Å². The molecule has 0 bridgehead atoms. The number of alkyl carbamates (subject to hydrolysis) is 1. The number of thiazole rings is 1. The highest BCUT2D eigenvalue weighted by Gasteiger charge is 2.61. The number of carboxylic acid groups (broad SMARTS) is 1. The third-order valence-electron chi connectivity index (χ3n) is 11.3. The molecule has 2 saturated carbocycles. The Balaban J connectivity index is 1.22. The molecule has 3 aromatic rings. The number of carbonyl (C=O) groups excluding carboxylic acids is 3. The molecule has 4 heterocycles. The molecule has 1 aromatic carbocycles.